The van der Waals surface area contributed by atoms with E-state index in [9.17, 15) is 10.4 Å². The van der Waals surface area contributed by atoms with Crippen molar-refractivity contribution in [1.29, 1.82) is 5.26 Å². The molecule has 0 amide bonds. The zero-order valence-electron chi connectivity index (χ0n) is 11.6. The third kappa shape index (κ3) is 4.08. The average Bonchev–Trinajstić information content (AvgIpc) is 2.46. The highest BCUT2D eigenvalue weighted by Gasteiger charge is 2.24. The summed E-state index contributed by atoms with van der Waals surface area (Å²) in [5.41, 5.74) is 2.11. The van der Waals surface area contributed by atoms with Crippen LogP contribution in [0.4, 0.5) is 0 Å². The fraction of sp³-hybridized carbons (Fsp3) is 0.353. The molecule has 0 fully saturated rings. The molecule has 1 rings (SSSR count). The van der Waals surface area contributed by atoms with Gasteiger partial charge in [0.15, 0.2) is 0 Å². The summed E-state index contributed by atoms with van der Waals surface area (Å²) < 4.78 is 0. The summed E-state index contributed by atoms with van der Waals surface area (Å²) in [5.74, 6) is -0.200. The molecule has 2 heteroatoms. The van der Waals surface area contributed by atoms with Gasteiger partial charge in [-0.1, -0.05) is 48.6 Å². The summed E-state index contributed by atoms with van der Waals surface area (Å²) in [5, 5.41) is 18.8. The molecule has 0 saturated heterocycles. The first kappa shape index (κ1) is 15.2. The minimum absolute atomic E-state index is 0.0265. The highest BCUT2D eigenvalue weighted by molar-refractivity contribution is 5.33. The minimum atomic E-state index is -0.226. The Morgan fingerprint density at radius 3 is 2.47 bits per heavy atom. The topological polar surface area (TPSA) is 44.0 Å². The van der Waals surface area contributed by atoms with Crippen LogP contribution >= 0.6 is 0 Å². The standard InChI is InChI=1S/C17H21NO/c1-3-8-14(4-2)17(13-18)16(11-12-19)15-9-6-5-7-10-15/h3-10,16-17,19H,11-12H2,1-2H3/b8-3-,14-4+/t16-,17-/m0/s1. The van der Waals surface area contributed by atoms with Gasteiger partial charge in [-0.2, -0.15) is 5.26 Å². The maximum Gasteiger partial charge on any atom is 0.0778 e. The number of hydrogen-bond acceptors (Lipinski definition) is 2. The van der Waals surface area contributed by atoms with Crippen LogP contribution in [0.3, 0.4) is 0 Å². The minimum Gasteiger partial charge on any atom is -0.396 e. The Morgan fingerprint density at radius 2 is 2.00 bits per heavy atom. The third-order valence-corrected chi connectivity index (χ3v) is 3.26. The summed E-state index contributed by atoms with van der Waals surface area (Å²) in [7, 11) is 0. The summed E-state index contributed by atoms with van der Waals surface area (Å²) in [6.45, 7) is 3.98. The largest absolute Gasteiger partial charge is 0.396 e. The van der Waals surface area contributed by atoms with E-state index in [2.05, 4.69) is 6.07 Å². The molecule has 0 aliphatic carbocycles. The molecule has 0 aromatic heterocycles. The van der Waals surface area contributed by atoms with Crippen LogP contribution in [-0.4, -0.2) is 11.7 Å². The lowest BCUT2D eigenvalue weighted by molar-refractivity contribution is 0.269. The Kier molecular flexibility index (Phi) is 6.63. The fourth-order valence-corrected chi connectivity index (χ4v) is 2.33. The fourth-order valence-electron chi connectivity index (χ4n) is 2.33. The lowest BCUT2D eigenvalue weighted by Crippen LogP contribution is -2.15. The zero-order chi connectivity index (χ0) is 14.1. The number of aliphatic hydroxyl groups is 1. The van der Waals surface area contributed by atoms with Gasteiger partial charge in [0.2, 0.25) is 0 Å². The van der Waals surface area contributed by atoms with Crippen LogP contribution < -0.4 is 0 Å². The molecule has 0 aliphatic rings. The van der Waals surface area contributed by atoms with E-state index in [4.69, 9.17) is 0 Å². The number of allylic oxidation sites excluding steroid dienone is 4. The van der Waals surface area contributed by atoms with Crippen molar-refractivity contribution in [3.8, 4) is 6.07 Å². The Bertz CT molecular complexity index is 468. The highest BCUT2D eigenvalue weighted by atomic mass is 16.3. The number of rotatable bonds is 6. The molecule has 2 atom stereocenters. The van der Waals surface area contributed by atoms with Crippen LogP contribution in [-0.2, 0) is 0 Å². The van der Waals surface area contributed by atoms with Crippen molar-refractivity contribution in [2.45, 2.75) is 26.2 Å². The number of nitrogens with zero attached hydrogens (tertiary/aromatic N) is 1. The Hall–Kier alpha value is -1.85. The molecule has 1 aromatic rings. The predicted molar refractivity (Wildman–Crippen MR) is 78.6 cm³/mol. The van der Waals surface area contributed by atoms with E-state index in [-0.39, 0.29) is 18.4 Å². The van der Waals surface area contributed by atoms with Gasteiger partial charge in [-0.15, -0.1) is 0 Å². The molecule has 0 radical (unpaired) electrons. The van der Waals surface area contributed by atoms with Gasteiger partial charge in [0.05, 0.1) is 12.0 Å². The van der Waals surface area contributed by atoms with Crippen molar-refractivity contribution in [3.63, 3.8) is 0 Å². The first-order valence-corrected chi connectivity index (χ1v) is 6.62. The monoisotopic (exact) mass is 255 g/mol. The van der Waals surface area contributed by atoms with Crippen LogP contribution in [0.25, 0.3) is 0 Å². The second-order valence-corrected chi connectivity index (χ2v) is 4.42. The molecule has 0 bridgehead atoms. The normalized spacial score (nSPS) is 15.2. The highest BCUT2D eigenvalue weighted by Crippen LogP contribution is 2.33. The number of aliphatic hydroxyl groups excluding tert-OH is 1. The van der Waals surface area contributed by atoms with Crippen molar-refractivity contribution >= 4 is 0 Å². The Morgan fingerprint density at radius 1 is 1.32 bits per heavy atom. The van der Waals surface area contributed by atoms with Crippen LogP contribution in [0, 0.1) is 17.2 Å². The quantitative estimate of drug-likeness (QED) is 0.785. The maximum absolute atomic E-state index is 9.51. The van der Waals surface area contributed by atoms with E-state index in [1.807, 2.05) is 62.4 Å². The van der Waals surface area contributed by atoms with Crippen LogP contribution in [0.5, 0.6) is 0 Å². The molecule has 1 aromatic carbocycles. The van der Waals surface area contributed by atoms with Gasteiger partial charge in [0, 0.05) is 12.5 Å². The molecule has 0 saturated carbocycles. The van der Waals surface area contributed by atoms with E-state index in [1.54, 1.807) is 0 Å². The van der Waals surface area contributed by atoms with Gasteiger partial charge in [0.1, 0.15) is 0 Å². The van der Waals surface area contributed by atoms with Gasteiger partial charge in [-0.3, -0.25) is 0 Å². The zero-order valence-corrected chi connectivity index (χ0v) is 11.6. The summed E-state index contributed by atoms with van der Waals surface area (Å²) in [6.07, 6.45) is 6.49. The molecule has 0 heterocycles. The van der Waals surface area contributed by atoms with Crippen LogP contribution in [0.2, 0.25) is 0 Å². The van der Waals surface area contributed by atoms with E-state index in [1.165, 1.54) is 0 Å². The molecular weight excluding hydrogens is 234 g/mol. The summed E-state index contributed by atoms with van der Waals surface area (Å²) in [4.78, 5) is 0. The molecule has 1 N–H and O–H groups in total. The maximum atomic E-state index is 9.51. The van der Waals surface area contributed by atoms with Crippen molar-refractivity contribution in [3.05, 3.63) is 59.7 Å². The van der Waals surface area contributed by atoms with E-state index in [0.29, 0.717) is 6.42 Å². The summed E-state index contributed by atoms with van der Waals surface area (Å²) >= 11 is 0. The predicted octanol–water partition coefficient (Wildman–Crippen LogP) is 3.81. The Labute approximate surface area is 115 Å². The van der Waals surface area contributed by atoms with Crippen LogP contribution in [0.15, 0.2) is 54.1 Å². The lowest BCUT2D eigenvalue weighted by Gasteiger charge is -2.22. The lowest BCUT2D eigenvalue weighted by atomic mass is 9.80. The molecule has 0 aliphatic heterocycles. The van der Waals surface area contributed by atoms with Gasteiger partial charge in [-0.05, 0) is 31.4 Å². The average molecular weight is 255 g/mol. The van der Waals surface area contributed by atoms with E-state index in [0.717, 1.165) is 11.1 Å². The summed E-state index contributed by atoms with van der Waals surface area (Å²) in [6, 6.07) is 12.3. The number of nitriles is 1. The molecule has 0 unspecified atom stereocenters. The van der Waals surface area contributed by atoms with Crippen molar-refractivity contribution < 1.29 is 5.11 Å². The second kappa shape index (κ2) is 8.29. The number of hydrogen-bond donors (Lipinski definition) is 1. The van der Waals surface area contributed by atoms with E-state index < -0.39 is 0 Å². The van der Waals surface area contributed by atoms with Gasteiger partial charge < -0.3 is 5.11 Å². The molecule has 2 nitrogen and oxygen atoms in total. The van der Waals surface area contributed by atoms with Crippen molar-refractivity contribution in [2.75, 3.05) is 6.61 Å². The van der Waals surface area contributed by atoms with Crippen molar-refractivity contribution in [1.82, 2.24) is 0 Å². The third-order valence-electron chi connectivity index (χ3n) is 3.26. The second-order valence-electron chi connectivity index (χ2n) is 4.42. The first-order chi connectivity index (χ1) is 9.28. The smallest absolute Gasteiger partial charge is 0.0778 e. The van der Waals surface area contributed by atoms with Gasteiger partial charge >= 0.3 is 0 Å². The number of benzene rings is 1. The molecule has 100 valence electrons. The van der Waals surface area contributed by atoms with Gasteiger partial charge in [0.25, 0.3) is 0 Å². The SMILES string of the molecule is C/C=C\C(=C/C)[C@H](C#N)[C@@H](CCO)c1ccccc1. The van der Waals surface area contributed by atoms with E-state index >= 15 is 0 Å². The van der Waals surface area contributed by atoms with Crippen LogP contribution in [0.1, 0.15) is 31.7 Å². The first-order valence-electron chi connectivity index (χ1n) is 6.62. The molecule has 19 heavy (non-hydrogen) atoms. The van der Waals surface area contributed by atoms with Gasteiger partial charge in [-0.25, -0.2) is 0 Å². The van der Waals surface area contributed by atoms with Crippen molar-refractivity contribution in [2.24, 2.45) is 5.92 Å². The Balaban J connectivity index is 3.13. The molecule has 0 spiro atoms. The molecular formula is C17H21NO.